The average molecular weight is 238 g/mol. The molecule has 0 aliphatic heterocycles. The van der Waals surface area contributed by atoms with Crippen molar-refractivity contribution in [3.05, 3.63) is 24.3 Å². The Morgan fingerprint density at radius 2 is 1.82 bits per heavy atom. The molecule has 1 unspecified atom stereocenters. The Hall–Kier alpha value is -1.71. The van der Waals surface area contributed by atoms with E-state index in [0.29, 0.717) is 18.8 Å². The summed E-state index contributed by atoms with van der Waals surface area (Å²) >= 11 is 0. The zero-order valence-corrected chi connectivity index (χ0v) is 10.2. The van der Waals surface area contributed by atoms with Crippen molar-refractivity contribution in [1.29, 1.82) is 0 Å². The summed E-state index contributed by atoms with van der Waals surface area (Å²) in [5.41, 5.74) is 0. The second-order valence-electron chi connectivity index (χ2n) is 3.64. The molecule has 1 aromatic rings. The molecule has 0 aromatic heterocycles. The monoisotopic (exact) mass is 238 g/mol. The molecule has 0 bridgehead atoms. The predicted octanol–water partition coefficient (Wildman–Crippen LogP) is 2.72. The minimum Gasteiger partial charge on any atom is -0.494 e. The lowest BCUT2D eigenvalue weighted by Gasteiger charge is -2.14. The van der Waals surface area contributed by atoms with E-state index in [0.717, 1.165) is 12.2 Å². The molecular formula is C13H18O4. The number of carboxylic acid groups (broad SMARTS) is 1. The molecule has 0 aliphatic rings. The van der Waals surface area contributed by atoms with Crippen molar-refractivity contribution in [2.45, 2.75) is 32.8 Å². The lowest BCUT2D eigenvalue weighted by Crippen LogP contribution is -2.26. The minimum atomic E-state index is -0.930. The van der Waals surface area contributed by atoms with Crippen molar-refractivity contribution < 1.29 is 19.4 Å². The molecule has 0 amide bonds. The van der Waals surface area contributed by atoms with E-state index in [1.54, 1.807) is 24.3 Å². The molecule has 0 heterocycles. The van der Waals surface area contributed by atoms with Crippen LogP contribution in [-0.4, -0.2) is 23.8 Å². The molecule has 4 heteroatoms. The maximum Gasteiger partial charge on any atom is 0.344 e. The second-order valence-corrected chi connectivity index (χ2v) is 3.64. The first-order valence-electron chi connectivity index (χ1n) is 5.79. The van der Waals surface area contributed by atoms with Gasteiger partial charge in [0.2, 0.25) is 0 Å². The molecule has 0 radical (unpaired) electrons. The number of hydrogen-bond donors (Lipinski definition) is 1. The van der Waals surface area contributed by atoms with Gasteiger partial charge in [-0.1, -0.05) is 13.3 Å². The van der Waals surface area contributed by atoms with E-state index < -0.39 is 12.1 Å². The zero-order valence-electron chi connectivity index (χ0n) is 10.2. The van der Waals surface area contributed by atoms with Crippen LogP contribution in [0.2, 0.25) is 0 Å². The number of carboxylic acids is 1. The van der Waals surface area contributed by atoms with Gasteiger partial charge in [0, 0.05) is 0 Å². The third-order valence-electron chi connectivity index (χ3n) is 2.24. The third-order valence-corrected chi connectivity index (χ3v) is 2.24. The van der Waals surface area contributed by atoms with E-state index in [4.69, 9.17) is 14.6 Å². The lowest BCUT2D eigenvalue weighted by molar-refractivity contribution is -0.145. The number of benzene rings is 1. The van der Waals surface area contributed by atoms with Crippen LogP contribution in [-0.2, 0) is 4.79 Å². The van der Waals surface area contributed by atoms with Crippen LogP contribution in [0, 0.1) is 0 Å². The molecule has 0 saturated heterocycles. The largest absolute Gasteiger partial charge is 0.494 e. The molecule has 4 nitrogen and oxygen atoms in total. The number of carbonyl (C=O) groups is 1. The fourth-order valence-corrected chi connectivity index (χ4v) is 1.44. The van der Waals surface area contributed by atoms with Crippen LogP contribution in [0.25, 0.3) is 0 Å². The highest BCUT2D eigenvalue weighted by atomic mass is 16.5. The molecule has 0 saturated carbocycles. The summed E-state index contributed by atoms with van der Waals surface area (Å²) < 4.78 is 10.7. The highest BCUT2D eigenvalue weighted by Crippen LogP contribution is 2.19. The molecule has 1 N–H and O–H groups in total. The normalized spacial score (nSPS) is 11.9. The quantitative estimate of drug-likeness (QED) is 0.793. The zero-order chi connectivity index (χ0) is 12.7. The van der Waals surface area contributed by atoms with Crippen molar-refractivity contribution in [3.8, 4) is 11.5 Å². The van der Waals surface area contributed by atoms with Crippen molar-refractivity contribution in [2.75, 3.05) is 6.61 Å². The van der Waals surface area contributed by atoms with Gasteiger partial charge in [-0.2, -0.15) is 0 Å². The van der Waals surface area contributed by atoms with Gasteiger partial charge in [-0.05, 0) is 37.6 Å². The van der Waals surface area contributed by atoms with Crippen molar-refractivity contribution in [3.63, 3.8) is 0 Å². The van der Waals surface area contributed by atoms with Gasteiger partial charge in [-0.25, -0.2) is 4.79 Å². The topological polar surface area (TPSA) is 55.8 Å². The van der Waals surface area contributed by atoms with Gasteiger partial charge in [0.15, 0.2) is 6.10 Å². The number of aliphatic carboxylic acids is 1. The SMILES string of the molecule is CCCC(Oc1ccc(OCC)cc1)C(=O)O. The Morgan fingerprint density at radius 3 is 2.29 bits per heavy atom. The lowest BCUT2D eigenvalue weighted by atomic mass is 10.2. The molecular weight excluding hydrogens is 220 g/mol. The summed E-state index contributed by atoms with van der Waals surface area (Å²) in [5, 5.41) is 8.95. The molecule has 94 valence electrons. The van der Waals surface area contributed by atoms with E-state index in [2.05, 4.69) is 0 Å². The van der Waals surface area contributed by atoms with E-state index >= 15 is 0 Å². The van der Waals surface area contributed by atoms with Crippen LogP contribution in [0.1, 0.15) is 26.7 Å². The fourth-order valence-electron chi connectivity index (χ4n) is 1.44. The molecule has 17 heavy (non-hydrogen) atoms. The summed E-state index contributed by atoms with van der Waals surface area (Å²) in [6.45, 7) is 4.44. The van der Waals surface area contributed by atoms with Crippen LogP contribution in [0.4, 0.5) is 0 Å². The van der Waals surface area contributed by atoms with Crippen LogP contribution >= 0.6 is 0 Å². The Bertz CT molecular complexity index is 345. The Kier molecular flexibility index (Phi) is 5.33. The van der Waals surface area contributed by atoms with Crippen molar-refractivity contribution in [1.82, 2.24) is 0 Å². The second kappa shape index (κ2) is 6.78. The number of rotatable bonds is 7. The van der Waals surface area contributed by atoms with E-state index in [9.17, 15) is 4.79 Å². The summed E-state index contributed by atoms with van der Waals surface area (Å²) in [7, 11) is 0. The Morgan fingerprint density at radius 1 is 1.24 bits per heavy atom. The molecule has 1 aromatic carbocycles. The van der Waals surface area contributed by atoms with Crippen LogP contribution in [0.5, 0.6) is 11.5 Å². The molecule has 1 rings (SSSR count). The summed E-state index contributed by atoms with van der Waals surface area (Å²) in [6, 6.07) is 6.97. The highest BCUT2D eigenvalue weighted by Gasteiger charge is 2.17. The van der Waals surface area contributed by atoms with Gasteiger partial charge < -0.3 is 14.6 Å². The van der Waals surface area contributed by atoms with E-state index in [-0.39, 0.29) is 0 Å². The minimum absolute atomic E-state index is 0.503. The van der Waals surface area contributed by atoms with Crippen LogP contribution < -0.4 is 9.47 Å². The fraction of sp³-hybridized carbons (Fsp3) is 0.462. The first-order chi connectivity index (χ1) is 8.17. The van der Waals surface area contributed by atoms with Crippen LogP contribution in [0.15, 0.2) is 24.3 Å². The first kappa shape index (κ1) is 13.4. The highest BCUT2D eigenvalue weighted by molar-refractivity contribution is 5.72. The van der Waals surface area contributed by atoms with Gasteiger partial charge in [-0.3, -0.25) is 0 Å². The molecule has 0 fully saturated rings. The Labute approximate surface area is 101 Å². The van der Waals surface area contributed by atoms with E-state index in [1.165, 1.54) is 0 Å². The average Bonchev–Trinajstić information content (AvgIpc) is 2.31. The summed E-state index contributed by atoms with van der Waals surface area (Å²) in [4.78, 5) is 10.9. The summed E-state index contributed by atoms with van der Waals surface area (Å²) in [5.74, 6) is 0.372. The number of ether oxygens (including phenoxy) is 2. The van der Waals surface area contributed by atoms with Gasteiger partial charge in [0.1, 0.15) is 11.5 Å². The standard InChI is InChI=1S/C13H18O4/c1-3-5-12(13(14)15)17-11-8-6-10(7-9-11)16-4-2/h6-9,12H,3-5H2,1-2H3,(H,14,15). The summed E-state index contributed by atoms with van der Waals surface area (Å²) in [6.07, 6.45) is 0.495. The van der Waals surface area contributed by atoms with Gasteiger partial charge >= 0.3 is 5.97 Å². The van der Waals surface area contributed by atoms with Gasteiger partial charge in [-0.15, -0.1) is 0 Å². The van der Waals surface area contributed by atoms with Crippen molar-refractivity contribution >= 4 is 5.97 Å². The van der Waals surface area contributed by atoms with Gasteiger partial charge in [0.05, 0.1) is 6.61 Å². The van der Waals surface area contributed by atoms with Crippen molar-refractivity contribution in [2.24, 2.45) is 0 Å². The molecule has 0 aliphatic carbocycles. The van der Waals surface area contributed by atoms with E-state index in [1.807, 2.05) is 13.8 Å². The predicted molar refractivity (Wildman–Crippen MR) is 64.6 cm³/mol. The van der Waals surface area contributed by atoms with Crippen LogP contribution in [0.3, 0.4) is 0 Å². The third kappa shape index (κ3) is 4.34. The Balaban J connectivity index is 2.63. The maximum absolute atomic E-state index is 10.9. The maximum atomic E-state index is 10.9. The molecule has 0 spiro atoms. The first-order valence-corrected chi connectivity index (χ1v) is 5.79. The smallest absolute Gasteiger partial charge is 0.344 e. The van der Waals surface area contributed by atoms with Gasteiger partial charge in [0.25, 0.3) is 0 Å². The molecule has 1 atom stereocenters. The number of hydrogen-bond acceptors (Lipinski definition) is 3.